The van der Waals surface area contributed by atoms with Crippen LogP contribution in [0.3, 0.4) is 0 Å². The van der Waals surface area contributed by atoms with Crippen molar-refractivity contribution in [1.82, 2.24) is 0 Å². The highest BCUT2D eigenvalue weighted by Gasteiger charge is 2.08. The Labute approximate surface area is 129 Å². The average molecular weight is 285 g/mol. The minimum Gasteiger partial charge on any atom is -0.464 e. The summed E-state index contributed by atoms with van der Waals surface area (Å²) >= 11 is 0. The van der Waals surface area contributed by atoms with Crippen molar-refractivity contribution in [2.75, 3.05) is 5.32 Å². The van der Waals surface area contributed by atoms with E-state index in [1.807, 2.05) is 42.5 Å². The van der Waals surface area contributed by atoms with Gasteiger partial charge in [0.1, 0.15) is 5.58 Å². The van der Waals surface area contributed by atoms with Crippen LogP contribution in [0.25, 0.3) is 22.1 Å². The van der Waals surface area contributed by atoms with Gasteiger partial charge in [-0.15, -0.1) is 0 Å². The van der Waals surface area contributed by atoms with Gasteiger partial charge >= 0.3 is 0 Å². The summed E-state index contributed by atoms with van der Waals surface area (Å²) in [5.74, 6) is 0. The quantitative estimate of drug-likeness (QED) is 0.511. The summed E-state index contributed by atoms with van der Waals surface area (Å²) in [5.41, 5.74) is 5.32. The molecule has 4 aromatic rings. The highest BCUT2D eigenvalue weighted by atomic mass is 16.3. The minimum absolute atomic E-state index is 0.889. The van der Waals surface area contributed by atoms with Crippen molar-refractivity contribution in [3.63, 3.8) is 0 Å². The summed E-state index contributed by atoms with van der Waals surface area (Å²) < 4.78 is 5.62. The molecule has 3 aromatic carbocycles. The maximum Gasteiger partial charge on any atom is 0.136 e. The smallest absolute Gasteiger partial charge is 0.136 e. The first-order valence-corrected chi connectivity index (χ1v) is 7.29. The first-order chi connectivity index (χ1) is 10.9. The van der Waals surface area contributed by atoms with Crippen LogP contribution in [0.2, 0.25) is 0 Å². The third-order valence-corrected chi connectivity index (χ3v) is 3.73. The summed E-state index contributed by atoms with van der Waals surface area (Å²) in [5, 5.41) is 4.57. The van der Waals surface area contributed by atoms with Crippen LogP contribution in [0.15, 0.2) is 89.5 Å². The van der Waals surface area contributed by atoms with Crippen LogP contribution in [0.1, 0.15) is 0 Å². The summed E-state index contributed by atoms with van der Waals surface area (Å²) in [4.78, 5) is 0. The lowest BCUT2D eigenvalue weighted by Gasteiger charge is -2.10. The molecule has 22 heavy (non-hydrogen) atoms. The molecular formula is C20H15NO. The molecule has 0 saturated carbocycles. The molecule has 0 saturated heterocycles. The van der Waals surface area contributed by atoms with Crippen LogP contribution in [0, 0.1) is 0 Å². The van der Waals surface area contributed by atoms with Crippen molar-refractivity contribution in [3.05, 3.63) is 85.1 Å². The maximum atomic E-state index is 5.62. The second-order valence-electron chi connectivity index (χ2n) is 5.21. The molecule has 0 aliphatic rings. The van der Waals surface area contributed by atoms with E-state index in [0.29, 0.717) is 0 Å². The van der Waals surface area contributed by atoms with E-state index in [0.717, 1.165) is 27.9 Å². The van der Waals surface area contributed by atoms with Gasteiger partial charge in [-0.25, -0.2) is 0 Å². The molecule has 0 unspecified atom stereocenters. The normalized spacial score (nSPS) is 10.7. The second-order valence-corrected chi connectivity index (χ2v) is 5.21. The van der Waals surface area contributed by atoms with E-state index in [-0.39, 0.29) is 0 Å². The number of rotatable bonds is 3. The molecule has 1 aromatic heterocycles. The van der Waals surface area contributed by atoms with Gasteiger partial charge in [0.25, 0.3) is 0 Å². The molecule has 0 bridgehead atoms. The van der Waals surface area contributed by atoms with Gasteiger partial charge in [-0.2, -0.15) is 0 Å². The van der Waals surface area contributed by atoms with E-state index in [4.69, 9.17) is 4.42 Å². The Morgan fingerprint density at radius 2 is 1.41 bits per heavy atom. The van der Waals surface area contributed by atoms with Gasteiger partial charge in [-0.05, 0) is 41.5 Å². The van der Waals surface area contributed by atoms with Gasteiger partial charge in [0.15, 0.2) is 0 Å². The number of fused-ring (bicyclic) bond motifs is 1. The van der Waals surface area contributed by atoms with Gasteiger partial charge in [0, 0.05) is 11.1 Å². The Hall–Kier alpha value is -3.00. The highest BCUT2D eigenvalue weighted by molar-refractivity contribution is 5.96. The zero-order chi connectivity index (χ0) is 14.8. The molecule has 106 valence electrons. The van der Waals surface area contributed by atoms with Crippen LogP contribution in [0.5, 0.6) is 0 Å². The molecule has 0 aliphatic heterocycles. The van der Waals surface area contributed by atoms with Crippen molar-refractivity contribution < 1.29 is 4.42 Å². The van der Waals surface area contributed by atoms with Gasteiger partial charge in [-0.1, -0.05) is 48.5 Å². The third-order valence-electron chi connectivity index (χ3n) is 3.73. The van der Waals surface area contributed by atoms with Crippen molar-refractivity contribution in [2.45, 2.75) is 0 Å². The minimum atomic E-state index is 0.889. The van der Waals surface area contributed by atoms with Gasteiger partial charge in [0.05, 0.1) is 12.0 Å². The molecule has 0 aliphatic carbocycles. The average Bonchev–Trinajstić information content (AvgIpc) is 3.05. The lowest BCUT2D eigenvalue weighted by molar-refractivity contribution is 0.616. The Balaban J connectivity index is 1.84. The molecule has 0 radical (unpaired) electrons. The van der Waals surface area contributed by atoms with Crippen LogP contribution in [-0.4, -0.2) is 0 Å². The fourth-order valence-corrected chi connectivity index (χ4v) is 2.65. The largest absolute Gasteiger partial charge is 0.464 e. The number of furan rings is 1. The van der Waals surface area contributed by atoms with E-state index in [2.05, 4.69) is 41.7 Å². The lowest BCUT2D eigenvalue weighted by Crippen LogP contribution is -1.91. The molecule has 1 heterocycles. The topological polar surface area (TPSA) is 25.2 Å². The molecule has 0 amide bonds. The maximum absolute atomic E-state index is 5.62. The predicted molar refractivity (Wildman–Crippen MR) is 91.4 cm³/mol. The van der Waals surface area contributed by atoms with Crippen molar-refractivity contribution >= 4 is 22.3 Å². The fraction of sp³-hybridized carbons (Fsp3) is 0. The SMILES string of the molecule is c1ccc(Nc2cc(-c3ccccc3)cc3occc23)cc1. The standard InChI is InChI=1S/C20H15NO/c1-3-7-15(8-4-1)16-13-19(18-11-12-22-20(18)14-16)21-17-9-5-2-6-10-17/h1-14,21H. The Morgan fingerprint density at radius 1 is 0.682 bits per heavy atom. The Bertz CT molecular complexity index is 895. The Kier molecular flexibility index (Phi) is 3.13. The Morgan fingerprint density at radius 3 is 2.18 bits per heavy atom. The third kappa shape index (κ3) is 2.35. The van der Waals surface area contributed by atoms with Crippen molar-refractivity contribution in [2.24, 2.45) is 0 Å². The molecule has 0 atom stereocenters. The van der Waals surface area contributed by atoms with Gasteiger partial charge < -0.3 is 9.73 Å². The summed E-state index contributed by atoms with van der Waals surface area (Å²) in [6, 6.07) is 26.8. The zero-order valence-corrected chi connectivity index (χ0v) is 12.0. The van der Waals surface area contributed by atoms with Crippen LogP contribution in [-0.2, 0) is 0 Å². The van der Waals surface area contributed by atoms with Crippen LogP contribution >= 0.6 is 0 Å². The number of nitrogens with one attached hydrogen (secondary N) is 1. The molecule has 0 fully saturated rings. The number of hydrogen-bond acceptors (Lipinski definition) is 2. The van der Waals surface area contributed by atoms with Gasteiger partial charge in [-0.3, -0.25) is 0 Å². The fourth-order valence-electron chi connectivity index (χ4n) is 2.65. The van der Waals surface area contributed by atoms with E-state index in [1.54, 1.807) is 6.26 Å². The number of hydrogen-bond donors (Lipinski definition) is 1. The predicted octanol–water partition coefficient (Wildman–Crippen LogP) is 5.84. The molecule has 2 heteroatoms. The van der Waals surface area contributed by atoms with E-state index < -0.39 is 0 Å². The lowest BCUT2D eigenvalue weighted by atomic mass is 10.0. The summed E-state index contributed by atoms with van der Waals surface area (Å²) in [6.45, 7) is 0. The van der Waals surface area contributed by atoms with Crippen molar-refractivity contribution in [1.29, 1.82) is 0 Å². The number of para-hydroxylation sites is 1. The summed E-state index contributed by atoms with van der Waals surface area (Å²) in [7, 11) is 0. The molecule has 1 N–H and O–H groups in total. The van der Waals surface area contributed by atoms with Crippen molar-refractivity contribution in [3.8, 4) is 11.1 Å². The first kappa shape index (κ1) is 12.7. The highest BCUT2D eigenvalue weighted by Crippen LogP contribution is 2.33. The summed E-state index contributed by atoms with van der Waals surface area (Å²) in [6.07, 6.45) is 1.73. The van der Waals surface area contributed by atoms with E-state index in [9.17, 15) is 0 Å². The monoisotopic (exact) mass is 285 g/mol. The first-order valence-electron chi connectivity index (χ1n) is 7.29. The molecule has 4 rings (SSSR count). The van der Waals surface area contributed by atoms with Crippen LogP contribution < -0.4 is 5.32 Å². The van der Waals surface area contributed by atoms with Gasteiger partial charge in [0.2, 0.25) is 0 Å². The van der Waals surface area contributed by atoms with E-state index >= 15 is 0 Å². The number of anilines is 2. The molecule has 0 spiro atoms. The molecule has 2 nitrogen and oxygen atoms in total. The number of benzene rings is 3. The molecular weight excluding hydrogens is 270 g/mol. The second kappa shape index (κ2) is 5.41. The van der Waals surface area contributed by atoms with E-state index in [1.165, 1.54) is 5.56 Å². The van der Waals surface area contributed by atoms with Crippen LogP contribution in [0.4, 0.5) is 11.4 Å². The zero-order valence-electron chi connectivity index (χ0n) is 12.0.